The minimum Gasteiger partial charge on any atom is -0.315 e. The second kappa shape index (κ2) is 13.3. The second-order valence-electron chi connectivity index (χ2n) is 10.9. The van der Waals surface area contributed by atoms with E-state index in [-0.39, 0.29) is 37.0 Å². The fraction of sp³-hybridized carbons (Fsp3) is 0.840. The molecule has 0 saturated carbocycles. The number of imide groups is 2. The Morgan fingerprint density at radius 3 is 1.24 bits per heavy atom. The Balaban J connectivity index is 1.65. The first-order valence-corrected chi connectivity index (χ1v) is 16.2. The Morgan fingerprint density at radius 1 is 0.622 bits per heavy atom. The van der Waals surface area contributed by atoms with Gasteiger partial charge >= 0.3 is 12.1 Å². The van der Waals surface area contributed by atoms with Crippen molar-refractivity contribution in [3.63, 3.8) is 0 Å². The Hall–Kier alpha value is -1.82. The number of hydrogen-bond acceptors (Lipinski definition) is 6. The van der Waals surface area contributed by atoms with E-state index in [9.17, 15) is 27.6 Å². The summed E-state index contributed by atoms with van der Waals surface area (Å²) in [5, 5.41) is 0. The molecule has 0 radical (unpaired) electrons. The van der Waals surface area contributed by atoms with E-state index >= 15 is 0 Å². The van der Waals surface area contributed by atoms with Gasteiger partial charge in [-0.15, -0.1) is 0 Å². The first-order valence-electron chi connectivity index (χ1n) is 13.2. The van der Waals surface area contributed by atoms with Crippen LogP contribution in [0.15, 0.2) is 0 Å². The number of likely N-dealkylation sites (N-methyl/N-ethyl adjacent to an activating group) is 2. The maximum absolute atomic E-state index is 12.5. The summed E-state index contributed by atoms with van der Waals surface area (Å²) >= 11 is 0. The van der Waals surface area contributed by atoms with E-state index < -0.39 is 32.7 Å². The van der Waals surface area contributed by atoms with E-state index in [1.807, 2.05) is 41.5 Å². The monoisotopic (exact) mass is 560 g/mol. The lowest BCUT2D eigenvalue weighted by Gasteiger charge is -2.33. The third-order valence-corrected chi connectivity index (χ3v) is 10.1. The highest BCUT2D eigenvalue weighted by molar-refractivity contribution is 7.85. The van der Waals surface area contributed by atoms with E-state index in [1.54, 1.807) is 0 Å². The van der Waals surface area contributed by atoms with Gasteiger partial charge in [-0.3, -0.25) is 27.8 Å². The molecule has 212 valence electrons. The lowest BCUT2D eigenvalue weighted by Crippen LogP contribution is -2.48. The van der Waals surface area contributed by atoms with E-state index in [1.165, 1.54) is 19.6 Å². The first kappa shape index (κ1) is 31.4. The maximum atomic E-state index is 12.5. The number of carbonyl (C=O) groups excluding carboxylic acids is 4. The fourth-order valence-electron chi connectivity index (χ4n) is 4.93. The molecule has 2 saturated heterocycles. The zero-order valence-electron chi connectivity index (χ0n) is 23.2. The lowest BCUT2D eigenvalue weighted by molar-refractivity contribution is -0.129. The van der Waals surface area contributed by atoms with Crippen molar-refractivity contribution in [3.05, 3.63) is 0 Å². The van der Waals surface area contributed by atoms with Gasteiger partial charge in [0, 0.05) is 68.8 Å². The van der Waals surface area contributed by atoms with Crippen molar-refractivity contribution in [3.8, 4) is 0 Å². The zero-order valence-corrected chi connectivity index (χ0v) is 24.9. The fourth-order valence-corrected chi connectivity index (χ4v) is 7.38. The summed E-state index contributed by atoms with van der Waals surface area (Å²) in [4.78, 5) is 55.2. The van der Waals surface area contributed by atoms with Gasteiger partial charge in [0.25, 0.3) is 11.8 Å². The minimum atomic E-state index is -1.05. The summed E-state index contributed by atoms with van der Waals surface area (Å²) < 4.78 is 24.9. The van der Waals surface area contributed by atoms with Crippen LogP contribution in [0, 0.1) is 0 Å². The summed E-state index contributed by atoms with van der Waals surface area (Å²) in [6.07, 6.45) is 3.00. The molecule has 10 nitrogen and oxygen atoms in total. The van der Waals surface area contributed by atoms with Gasteiger partial charge in [0.1, 0.15) is 13.1 Å². The number of amides is 6. The van der Waals surface area contributed by atoms with E-state index in [4.69, 9.17) is 0 Å². The molecule has 0 bridgehead atoms. The summed E-state index contributed by atoms with van der Waals surface area (Å²) in [6, 6.07) is -0.517. The van der Waals surface area contributed by atoms with Crippen molar-refractivity contribution in [2.24, 2.45) is 0 Å². The van der Waals surface area contributed by atoms with Crippen LogP contribution in [0.5, 0.6) is 0 Å². The third-order valence-electron chi connectivity index (χ3n) is 7.11. The first-order chi connectivity index (χ1) is 17.2. The molecular formula is C25H44N4O6S2. The van der Waals surface area contributed by atoms with Gasteiger partial charge in [0.15, 0.2) is 0 Å². The topological polar surface area (TPSA) is 115 Å². The molecule has 0 N–H and O–H groups in total. The molecule has 0 aromatic rings. The highest BCUT2D eigenvalue weighted by Crippen LogP contribution is 2.27. The molecular weight excluding hydrogens is 516 g/mol. The van der Waals surface area contributed by atoms with Crippen molar-refractivity contribution in [2.45, 2.75) is 84.7 Å². The molecule has 2 unspecified atom stereocenters. The summed E-state index contributed by atoms with van der Waals surface area (Å²) in [5.74, 6) is 1.50. The summed E-state index contributed by atoms with van der Waals surface area (Å²) in [6.45, 7) is 12.4. The molecule has 37 heavy (non-hydrogen) atoms. The average Bonchev–Trinajstić information content (AvgIpc) is 3.27. The zero-order chi connectivity index (χ0) is 28.0. The Kier molecular flexibility index (Phi) is 11.3. The lowest BCUT2D eigenvalue weighted by atomic mass is 9.97. The van der Waals surface area contributed by atoms with Crippen LogP contribution in [0.2, 0.25) is 0 Å². The average molecular weight is 561 g/mol. The van der Waals surface area contributed by atoms with Gasteiger partial charge in [0.2, 0.25) is 0 Å². The minimum absolute atomic E-state index is 0.116. The predicted molar refractivity (Wildman–Crippen MR) is 146 cm³/mol. The van der Waals surface area contributed by atoms with E-state index in [0.717, 1.165) is 0 Å². The smallest absolute Gasteiger partial charge is 0.315 e. The molecule has 0 aliphatic carbocycles. The third kappa shape index (κ3) is 8.08. The van der Waals surface area contributed by atoms with Crippen LogP contribution in [0.1, 0.15) is 73.6 Å². The Bertz CT molecular complexity index is 851. The number of hydrogen-bond donors (Lipinski definition) is 0. The van der Waals surface area contributed by atoms with Crippen molar-refractivity contribution in [1.29, 1.82) is 0 Å². The Labute approximate surface area is 226 Å². The van der Waals surface area contributed by atoms with Crippen LogP contribution < -0.4 is 0 Å². The number of nitrogens with zero attached hydrogens (tertiary/aromatic N) is 4. The molecule has 2 aliphatic rings. The van der Waals surface area contributed by atoms with Crippen molar-refractivity contribution in [1.82, 2.24) is 19.6 Å². The number of carbonyl (C=O) groups is 4. The van der Waals surface area contributed by atoms with Crippen molar-refractivity contribution >= 4 is 45.5 Å². The molecule has 0 aromatic heterocycles. The van der Waals surface area contributed by atoms with Gasteiger partial charge in [-0.2, -0.15) is 0 Å². The quantitative estimate of drug-likeness (QED) is 0.268. The predicted octanol–water partition coefficient (Wildman–Crippen LogP) is 2.56. The van der Waals surface area contributed by atoms with Crippen molar-refractivity contribution in [2.75, 3.05) is 49.2 Å². The summed E-state index contributed by atoms with van der Waals surface area (Å²) in [5.41, 5.74) is -1.26. The second-order valence-corrected chi connectivity index (χ2v) is 14.3. The van der Waals surface area contributed by atoms with Crippen LogP contribution in [0.25, 0.3) is 0 Å². The largest absolute Gasteiger partial charge is 0.327 e. The van der Waals surface area contributed by atoms with Gasteiger partial charge in [-0.05, 0) is 73.6 Å². The molecule has 12 heteroatoms. The Morgan fingerprint density at radius 2 is 0.946 bits per heavy atom. The van der Waals surface area contributed by atoms with Crippen LogP contribution >= 0.6 is 0 Å². The molecule has 2 fully saturated rings. The van der Waals surface area contributed by atoms with Gasteiger partial charge in [-0.25, -0.2) is 9.59 Å². The van der Waals surface area contributed by atoms with Crippen LogP contribution in [-0.2, 0) is 31.2 Å². The summed E-state index contributed by atoms with van der Waals surface area (Å²) in [7, 11) is -2.10. The van der Waals surface area contributed by atoms with E-state index in [0.29, 0.717) is 68.2 Å². The molecule has 0 aromatic carbocycles. The van der Waals surface area contributed by atoms with Gasteiger partial charge in [-0.1, -0.05) is 0 Å². The SMILES string of the molecule is CCN1CC(=O)N(C(C)(C)CCCS(=O)CCCS(=O)CCCC(C)(C)N2C(=O)CN(CC)C2=O)C1=O. The number of urea groups is 2. The van der Waals surface area contributed by atoms with Crippen LogP contribution in [0.4, 0.5) is 9.59 Å². The van der Waals surface area contributed by atoms with Gasteiger partial charge < -0.3 is 9.80 Å². The molecule has 2 heterocycles. The highest BCUT2D eigenvalue weighted by Gasteiger charge is 2.44. The van der Waals surface area contributed by atoms with E-state index in [2.05, 4.69) is 0 Å². The van der Waals surface area contributed by atoms with Crippen molar-refractivity contribution < 1.29 is 27.6 Å². The van der Waals surface area contributed by atoms with Gasteiger partial charge in [0.05, 0.1) is 0 Å². The molecule has 2 rings (SSSR count). The molecule has 2 aliphatic heterocycles. The highest BCUT2D eigenvalue weighted by atomic mass is 32.2. The standard InChI is InChI=1S/C25H44N4O6S2/c1-7-26-18-20(30)28(22(26)32)24(3,4)12-9-14-36(34)16-11-17-37(35)15-10-13-25(5,6)29-21(31)19-27(8-2)23(29)33/h7-19H2,1-6H3. The van der Waals surface area contributed by atoms with Crippen LogP contribution in [-0.4, -0.2) is 112 Å². The molecule has 0 spiro atoms. The van der Waals surface area contributed by atoms with Crippen LogP contribution in [0.3, 0.4) is 0 Å². The number of rotatable bonds is 16. The normalized spacial score (nSPS) is 19.0. The maximum Gasteiger partial charge on any atom is 0.327 e. The molecule has 6 amide bonds. The molecule has 2 atom stereocenters.